The number of piperazine rings is 1. The number of amides is 1. The number of carbonyl (C=O) groups excluding carboxylic acids is 1. The van der Waals surface area contributed by atoms with Crippen LogP contribution >= 0.6 is 12.4 Å². The van der Waals surface area contributed by atoms with E-state index in [1.54, 1.807) is 0 Å². The number of hydrogen-bond acceptors (Lipinski definition) is 4. The maximum atomic E-state index is 12.4. The fraction of sp³-hybridized carbons (Fsp3) is 0.650. The average Bonchev–Trinajstić information content (AvgIpc) is 2.99. The second-order valence-corrected chi connectivity index (χ2v) is 8.10. The smallest absolute Gasteiger partial charge is 0.238 e. The molecule has 0 bridgehead atoms. The number of carbonyl (C=O) groups is 1. The van der Waals surface area contributed by atoms with Gasteiger partial charge in [-0.3, -0.25) is 9.69 Å². The summed E-state index contributed by atoms with van der Waals surface area (Å²) in [5, 5.41) is 6.58. The van der Waals surface area contributed by atoms with Crippen molar-refractivity contribution in [3.8, 4) is 0 Å². The van der Waals surface area contributed by atoms with E-state index >= 15 is 0 Å². The summed E-state index contributed by atoms with van der Waals surface area (Å²) in [7, 11) is 0. The monoisotopic (exact) mass is 380 g/mol. The van der Waals surface area contributed by atoms with Crippen LogP contribution in [0, 0.1) is 19.3 Å². The SMILES string of the molecule is Cc1cccc(C)c1NC(=O)CN1CCN(CC2(C)CCNC2)CC1.Cl. The summed E-state index contributed by atoms with van der Waals surface area (Å²) in [5.41, 5.74) is 3.63. The molecule has 5 nitrogen and oxygen atoms in total. The van der Waals surface area contributed by atoms with Gasteiger partial charge in [0.25, 0.3) is 0 Å². The van der Waals surface area contributed by atoms with Crippen molar-refractivity contribution in [3.63, 3.8) is 0 Å². The Hall–Kier alpha value is -1.14. The van der Waals surface area contributed by atoms with Crippen LogP contribution in [0.25, 0.3) is 0 Å². The van der Waals surface area contributed by atoms with Crippen LogP contribution in [-0.4, -0.2) is 68.1 Å². The van der Waals surface area contributed by atoms with Crippen LogP contribution in [0.4, 0.5) is 5.69 Å². The number of aryl methyl sites for hydroxylation is 2. The third-order valence-electron chi connectivity index (χ3n) is 5.64. The zero-order chi connectivity index (χ0) is 17.9. The first-order chi connectivity index (χ1) is 12.0. The molecule has 0 aliphatic carbocycles. The minimum Gasteiger partial charge on any atom is -0.324 e. The van der Waals surface area contributed by atoms with Crippen molar-refractivity contribution >= 4 is 24.0 Å². The quantitative estimate of drug-likeness (QED) is 0.822. The van der Waals surface area contributed by atoms with E-state index in [9.17, 15) is 4.79 Å². The number of nitrogens with zero attached hydrogens (tertiary/aromatic N) is 2. The first-order valence-corrected chi connectivity index (χ1v) is 9.47. The number of hydrogen-bond donors (Lipinski definition) is 2. The van der Waals surface area contributed by atoms with Gasteiger partial charge in [0.1, 0.15) is 0 Å². The lowest BCUT2D eigenvalue weighted by atomic mass is 9.89. The molecule has 2 aliphatic heterocycles. The number of para-hydroxylation sites is 1. The molecule has 1 aromatic carbocycles. The van der Waals surface area contributed by atoms with E-state index in [1.165, 1.54) is 13.0 Å². The van der Waals surface area contributed by atoms with Crippen LogP contribution in [0.3, 0.4) is 0 Å². The highest BCUT2D eigenvalue weighted by molar-refractivity contribution is 5.93. The van der Waals surface area contributed by atoms with Gasteiger partial charge in [-0.25, -0.2) is 0 Å². The van der Waals surface area contributed by atoms with Crippen LogP contribution in [0.15, 0.2) is 18.2 Å². The molecule has 146 valence electrons. The van der Waals surface area contributed by atoms with Gasteiger partial charge in [0.2, 0.25) is 5.91 Å². The molecule has 0 saturated carbocycles. The largest absolute Gasteiger partial charge is 0.324 e. The Bertz CT molecular complexity index is 588. The summed E-state index contributed by atoms with van der Waals surface area (Å²) in [5.74, 6) is 0.0952. The minimum atomic E-state index is 0. The molecule has 2 N–H and O–H groups in total. The van der Waals surface area contributed by atoms with Crippen LogP contribution in [0.1, 0.15) is 24.5 Å². The summed E-state index contributed by atoms with van der Waals surface area (Å²) in [6, 6.07) is 6.11. The molecule has 1 aromatic rings. The Balaban J connectivity index is 0.00000243. The predicted molar refractivity (Wildman–Crippen MR) is 110 cm³/mol. The zero-order valence-electron chi connectivity index (χ0n) is 16.3. The van der Waals surface area contributed by atoms with E-state index in [4.69, 9.17) is 0 Å². The molecule has 0 radical (unpaired) electrons. The molecule has 0 aromatic heterocycles. The lowest BCUT2D eigenvalue weighted by Gasteiger charge is -2.38. The number of benzene rings is 1. The van der Waals surface area contributed by atoms with Crippen LogP contribution in [-0.2, 0) is 4.79 Å². The lowest BCUT2D eigenvalue weighted by molar-refractivity contribution is -0.117. The normalized spacial score (nSPS) is 24.3. The lowest BCUT2D eigenvalue weighted by Crippen LogP contribution is -2.51. The Morgan fingerprint density at radius 1 is 1.15 bits per heavy atom. The Kier molecular flexibility index (Phi) is 7.47. The van der Waals surface area contributed by atoms with Gasteiger partial charge in [0, 0.05) is 45.0 Å². The second kappa shape index (κ2) is 9.18. The van der Waals surface area contributed by atoms with Crippen molar-refractivity contribution in [2.75, 3.05) is 57.7 Å². The first-order valence-electron chi connectivity index (χ1n) is 9.47. The molecule has 6 heteroatoms. The van der Waals surface area contributed by atoms with Crippen LogP contribution in [0.5, 0.6) is 0 Å². The van der Waals surface area contributed by atoms with Crippen LogP contribution in [0.2, 0.25) is 0 Å². The fourth-order valence-corrected chi connectivity index (χ4v) is 4.04. The van der Waals surface area contributed by atoms with Gasteiger partial charge in [-0.15, -0.1) is 12.4 Å². The van der Waals surface area contributed by atoms with E-state index < -0.39 is 0 Å². The minimum absolute atomic E-state index is 0. The molecule has 2 saturated heterocycles. The number of anilines is 1. The van der Waals surface area contributed by atoms with Crippen molar-refractivity contribution in [1.29, 1.82) is 0 Å². The second-order valence-electron chi connectivity index (χ2n) is 8.10. The summed E-state index contributed by atoms with van der Waals surface area (Å²) < 4.78 is 0. The summed E-state index contributed by atoms with van der Waals surface area (Å²) in [6.07, 6.45) is 1.27. The Morgan fingerprint density at radius 2 is 1.77 bits per heavy atom. The standard InChI is InChI=1S/C20H32N4O.ClH/c1-16-5-4-6-17(2)19(16)22-18(25)13-23-9-11-24(12-10-23)15-20(3)7-8-21-14-20;/h4-6,21H,7-15H2,1-3H3,(H,22,25);1H. The summed E-state index contributed by atoms with van der Waals surface area (Å²) in [6.45, 7) is 14.5. The van der Waals surface area contributed by atoms with E-state index in [1.807, 2.05) is 32.0 Å². The molecule has 0 spiro atoms. The molecule has 2 heterocycles. The third-order valence-corrected chi connectivity index (χ3v) is 5.64. The zero-order valence-corrected chi connectivity index (χ0v) is 17.1. The van der Waals surface area contributed by atoms with E-state index in [0.29, 0.717) is 12.0 Å². The van der Waals surface area contributed by atoms with Crippen molar-refractivity contribution in [2.24, 2.45) is 5.41 Å². The van der Waals surface area contributed by atoms with Gasteiger partial charge in [0.15, 0.2) is 0 Å². The van der Waals surface area contributed by atoms with Crippen molar-refractivity contribution in [2.45, 2.75) is 27.2 Å². The average molecular weight is 381 g/mol. The van der Waals surface area contributed by atoms with Gasteiger partial charge < -0.3 is 15.5 Å². The number of nitrogens with one attached hydrogen (secondary N) is 2. The molecule has 2 aliphatic rings. The van der Waals surface area contributed by atoms with Crippen molar-refractivity contribution in [3.05, 3.63) is 29.3 Å². The summed E-state index contributed by atoms with van der Waals surface area (Å²) >= 11 is 0. The van der Waals surface area contributed by atoms with E-state index in [2.05, 4.69) is 27.4 Å². The molecule has 26 heavy (non-hydrogen) atoms. The molecule has 1 amide bonds. The maximum Gasteiger partial charge on any atom is 0.238 e. The summed E-state index contributed by atoms with van der Waals surface area (Å²) in [4.78, 5) is 17.3. The maximum absolute atomic E-state index is 12.4. The number of rotatable bonds is 5. The van der Waals surface area contributed by atoms with E-state index in [0.717, 1.165) is 56.1 Å². The highest BCUT2D eigenvalue weighted by Crippen LogP contribution is 2.26. The number of halogens is 1. The van der Waals surface area contributed by atoms with Gasteiger partial charge in [-0.05, 0) is 43.4 Å². The first kappa shape index (κ1) is 21.2. The molecule has 1 unspecified atom stereocenters. The fourth-order valence-electron chi connectivity index (χ4n) is 4.04. The molecular weight excluding hydrogens is 348 g/mol. The topological polar surface area (TPSA) is 47.6 Å². The van der Waals surface area contributed by atoms with Crippen molar-refractivity contribution in [1.82, 2.24) is 15.1 Å². The van der Waals surface area contributed by atoms with Gasteiger partial charge >= 0.3 is 0 Å². The highest BCUT2D eigenvalue weighted by Gasteiger charge is 2.31. The molecule has 1 atom stereocenters. The van der Waals surface area contributed by atoms with Gasteiger partial charge in [-0.2, -0.15) is 0 Å². The third kappa shape index (κ3) is 5.43. The van der Waals surface area contributed by atoms with E-state index in [-0.39, 0.29) is 18.3 Å². The molecule has 3 rings (SSSR count). The Morgan fingerprint density at radius 3 is 2.35 bits per heavy atom. The highest BCUT2D eigenvalue weighted by atomic mass is 35.5. The van der Waals surface area contributed by atoms with Gasteiger partial charge in [-0.1, -0.05) is 25.1 Å². The predicted octanol–water partition coefficient (Wildman–Crippen LogP) is 2.28. The molecule has 2 fully saturated rings. The molecular formula is C20H33ClN4O. The van der Waals surface area contributed by atoms with Gasteiger partial charge in [0.05, 0.1) is 6.54 Å². The van der Waals surface area contributed by atoms with Crippen molar-refractivity contribution < 1.29 is 4.79 Å². The Labute approximate surface area is 163 Å². The van der Waals surface area contributed by atoms with Crippen LogP contribution < -0.4 is 10.6 Å².